The predicted octanol–water partition coefficient (Wildman–Crippen LogP) is 5.58. The van der Waals surface area contributed by atoms with Crippen molar-refractivity contribution in [2.75, 3.05) is 10.6 Å². The van der Waals surface area contributed by atoms with Gasteiger partial charge in [-0.05, 0) is 62.7 Å². The molecule has 3 rings (SSSR count). The number of rotatable bonds is 7. The quantitative estimate of drug-likeness (QED) is 0.558. The molecular formula is C21H23ClN4O. The van der Waals surface area contributed by atoms with E-state index in [1.165, 1.54) is 0 Å². The van der Waals surface area contributed by atoms with E-state index in [1.807, 2.05) is 75.4 Å². The van der Waals surface area contributed by atoms with Crippen LogP contribution in [0.1, 0.15) is 25.1 Å². The molecule has 140 valence electrons. The van der Waals surface area contributed by atoms with E-state index < -0.39 is 0 Å². The number of nitrogens with zero attached hydrogens (tertiary/aromatic N) is 2. The van der Waals surface area contributed by atoms with Gasteiger partial charge in [-0.2, -0.15) is 4.98 Å². The Hall–Kier alpha value is -2.79. The van der Waals surface area contributed by atoms with E-state index in [1.54, 1.807) is 0 Å². The standard InChI is InChI=1S/C21H23ClN4O/c1-14(2)27-19-10-8-18(9-11-19)25-20-12-15(3)24-21(26-20)23-13-16-4-6-17(22)7-5-16/h4-12,14H,13H2,1-3H3,(H2,23,24,25,26). The maximum atomic E-state index is 5.92. The molecule has 6 heteroatoms. The number of hydrogen-bond acceptors (Lipinski definition) is 5. The Morgan fingerprint density at radius 1 is 1.00 bits per heavy atom. The smallest absolute Gasteiger partial charge is 0.225 e. The summed E-state index contributed by atoms with van der Waals surface area (Å²) < 4.78 is 5.67. The van der Waals surface area contributed by atoms with Gasteiger partial charge in [-0.15, -0.1) is 0 Å². The van der Waals surface area contributed by atoms with Crippen LogP contribution < -0.4 is 15.4 Å². The molecular weight excluding hydrogens is 360 g/mol. The fourth-order valence-electron chi connectivity index (χ4n) is 2.53. The molecule has 1 heterocycles. The third-order valence-electron chi connectivity index (χ3n) is 3.72. The van der Waals surface area contributed by atoms with Gasteiger partial charge < -0.3 is 15.4 Å². The SMILES string of the molecule is Cc1cc(Nc2ccc(OC(C)C)cc2)nc(NCc2ccc(Cl)cc2)n1. The Morgan fingerprint density at radius 3 is 2.37 bits per heavy atom. The molecule has 1 aromatic heterocycles. The lowest BCUT2D eigenvalue weighted by atomic mass is 10.2. The maximum Gasteiger partial charge on any atom is 0.225 e. The molecule has 2 N–H and O–H groups in total. The Bertz CT molecular complexity index is 880. The number of aromatic nitrogens is 2. The highest BCUT2D eigenvalue weighted by Gasteiger charge is 2.04. The summed E-state index contributed by atoms with van der Waals surface area (Å²) in [7, 11) is 0. The molecule has 0 saturated heterocycles. The molecule has 0 amide bonds. The average molecular weight is 383 g/mol. The van der Waals surface area contributed by atoms with Crippen molar-refractivity contribution >= 4 is 29.1 Å². The van der Waals surface area contributed by atoms with E-state index in [-0.39, 0.29) is 6.10 Å². The van der Waals surface area contributed by atoms with Crippen LogP contribution in [0.25, 0.3) is 0 Å². The molecule has 0 aliphatic rings. The molecule has 27 heavy (non-hydrogen) atoms. The first-order chi connectivity index (χ1) is 13.0. The van der Waals surface area contributed by atoms with Crippen molar-refractivity contribution in [3.63, 3.8) is 0 Å². The van der Waals surface area contributed by atoms with E-state index in [9.17, 15) is 0 Å². The van der Waals surface area contributed by atoms with Crippen LogP contribution in [0.15, 0.2) is 54.6 Å². The Balaban J connectivity index is 1.66. The second-order valence-corrected chi connectivity index (χ2v) is 6.95. The maximum absolute atomic E-state index is 5.92. The van der Waals surface area contributed by atoms with Gasteiger partial charge in [-0.3, -0.25) is 0 Å². The molecule has 5 nitrogen and oxygen atoms in total. The molecule has 0 saturated carbocycles. The minimum atomic E-state index is 0.155. The first-order valence-corrected chi connectivity index (χ1v) is 9.23. The van der Waals surface area contributed by atoms with Gasteiger partial charge in [0.2, 0.25) is 5.95 Å². The average Bonchev–Trinajstić information content (AvgIpc) is 2.62. The minimum absolute atomic E-state index is 0.155. The number of anilines is 3. The zero-order chi connectivity index (χ0) is 19.2. The van der Waals surface area contributed by atoms with Gasteiger partial charge in [-0.1, -0.05) is 23.7 Å². The van der Waals surface area contributed by atoms with E-state index in [2.05, 4.69) is 20.6 Å². The number of hydrogen-bond donors (Lipinski definition) is 2. The predicted molar refractivity (Wildman–Crippen MR) is 111 cm³/mol. The van der Waals surface area contributed by atoms with Crippen LogP contribution in [0.2, 0.25) is 5.02 Å². The molecule has 0 aliphatic heterocycles. The molecule has 0 bridgehead atoms. The number of halogens is 1. The Morgan fingerprint density at radius 2 is 1.70 bits per heavy atom. The molecule has 0 unspecified atom stereocenters. The van der Waals surface area contributed by atoms with Crippen molar-refractivity contribution in [3.05, 3.63) is 70.9 Å². The Kier molecular flexibility index (Phi) is 6.14. The van der Waals surface area contributed by atoms with Gasteiger partial charge in [0.15, 0.2) is 0 Å². The van der Waals surface area contributed by atoms with Crippen LogP contribution in [0, 0.1) is 6.92 Å². The van der Waals surface area contributed by atoms with Crippen LogP contribution in [0.4, 0.5) is 17.5 Å². The van der Waals surface area contributed by atoms with Gasteiger partial charge in [0.05, 0.1) is 6.10 Å². The zero-order valence-corrected chi connectivity index (χ0v) is 16.4. The first-order valence-electron chi connectivity index (χ1n) is 8.86. The van der Waals surface area contributed by atoms with Crippen molar-refractivity contribution in [2.24, 2.45) is 0 Å². The largest absolute Gasteiger partial charge is 0.491 e. The number of benzene rings is 2. The van der Waals surface area contributed by atoms with E-state index in [0.29, 0.717) is 12.5 Å². The summed E-state index contributed by atoms with van der Waals surface area (Å²) in [6.45, 7) is 6.59. The van der Waals surface area contributed by atoms with E-state index in [4.69, 9.17) is 16.3 Å². The summed E-state index contributed by atoms with van der Waals surface area (Å²) in [5.74, 6) is 2.16. The molecule has 2 aromatic carbocycles. The monoisotopic (exact) mass is 382 g/mol. The van der Waals surface area contributed by atoms with Crippen LogP contribution in [0.5, 0.6) is 5.75 Å². The molecule has 3 aromatic rings. The zero-order valence-electron chi connectivity index (χ0n) is 15.7. The molecule has 0 radical (unpaired) electrons. The highest BCUT2D eigenvalue weighted by molar-refractivity contribution is 6.30. The lowest BCUT2D eigenvalue weighted by Crippen LogP contribution is -2.06. The fourth-order valence-corrected chi connectivity index (χ4v) is 2.66. The summed E-state index contributed by atoms with van der Waals surface area (Å²) in [5.41, 5.74) is 2.93. The van der Waals surface area contributed by atoms with Crippen LogP contribution in [-0.2, 0) is 6.54 Å². The summed E-state index contributed by atoms with van der Waals surface area (Å²) in [6.07, 6.45) is 0.155. The molecule has 0 atom stereocenters. The molecule has 0 fully saturated rings. The highest BCUT2D eigenvalue weighted by atomic mass is 35.5. The van der Waals surface area contributed by atoms with Gasteiger partial charge in [0, 0.05) is 29.0 Å². The number of aryl methyl sites for hydroxylation is 1. The van der Waals surface area contributed by atoms with Crippen molar-refractivity contribution < 1.29 is 4.74 Å². The first kappa shape index (κ1) is 19.0. The molecule has 0 aliphatic carbocycles. The van der Waals surface area contributed by atoms with Crippen LogP contribution in [0.3, 0.4) is 0 Å². The summed E-state index contributed by atoms with van der Waals surface area (Å²) in [5, 5.41) is 7.28. The summed E-state index contributed by atoms with van der Waals surface area (Å²) in [6, 6.07) is 17.4. The van der Waals surface area contributed by atoms with E-state index >= 15 is 0 Å². The second kappa shape index (κ2) is 8.73. The Labute approximate surface area is 164 Å². The minimum Gasteiger partial charge on any atom is -0.491 e. The van der Waals surface area contributed by atoms with Crippen molar-refractivity contribution in [2.45, 2.75) is 33.4 Å². The fraction of sp³-hybridized carbons (Fsp3) is 0.238. The second-order valence-electron chi connectivity index (χ2n) is 6.51. The highest BCUT2D eigenvalue weighted by Crippen LogP contribution is 2.21. The van der Waals surface area contributed by atoms with Crippen molar-refractivity contribution in [1.82, 2.24) is 9.97 Å². The molecule has 0 spiro atoms. The third kappa shape index (κ3) is 5.86. The van der Waals surface area contributed by atoms with E-state index in [0.717, 1.165) is 33.5 Å². The topological polar surface area (TPSA) is 59.1 Å². The summed E-state index contributed by atoms with van der Waals surface area (Å²) >= 11 is 5.92. The normalized spacial score (nSPS) is 10.7. The van der Waals surface area contributed by atoms with Crippen molar-refractivity contribution in [3.8, 4) is 5.75 Å². The lowest BCUT2D eigenvalue weighted by molar-refractivity contribution is 0.242. The van der Waals surface area contributed by atoms with Crippen molar-refractivity contribution in [1.29, 1.82) is 0 Å². The summed E-state index contributed by atoms with van der Waals surface area (Å²) in [4.78, 5) is 8.99. The lowest BCUT2D eigenvalue weighted by Gasteiger charge is -2.12. The third-order valence-corrected chi connectivity index (χ3v) is 3.97. The van der Waals surface area contributed by atoms with Gasteiger partial charge in [-0.25, -0.2) is 4.98 Å². The van der Waals surface area contributed by atoms with Gasteiger partial charge >= 0.3 is 0 Å². The van der Waals surface area contributed by atoms with Gasteiger partial charge in [0.1, 0.15) is 11.6 Å². The van der Waals surface area contributed by atoms with Crippen LogP contribution in [-0.4, -0.2) is 16.1 Å². The number of nitrogens with one attached hydrogen (secondary N) is 2. The number of ether oxygens (including phenoxy) is 1. The van der Waals surface area contributed by atoms with Gasteiger partial charge in [0.25, 0.3) is 0 Å². The van der Waals surface area contributed by atoms with Crippen LogP contribution >= 0.6 is 11.6 Å².